The highest BCUT2D eigenvalue weighted by Crippen LogP contribution is 2.45. The van der Waals surface area contributed by atoms with E-state index in [9.17, 15) is 0 Å². The number of furan rings is 1. The summed E-state index contributed by atoms with van der Waals surface area (Å²) < 4.78 is 11.2. The minimum absolute atomic E-state index is 0.602. The first-order chi connectivity index (χ1) is 25.3. The first-order valence-electron chi connectivity index (χ1n) is 17.2. The van der Waals surface area contributed by atoms with Crippen molar-refractivity contribution in [3.8, 4) is 34.2 Å². The molecule has 11 rings (SSSR count). The SMILES string of the molecule is c1ccc(-c2cc(-c3ccccc3)nc(-n3c4c(ccc5oc6ccccc6c54)c4ccc5c6ccccc6n(-c6ccccc6)c5c43)n2)cc1. The van der Waals surface area contributed by atoms with Gasteiger partial charge in [0.2, 0.25) is 5.95 Å². The van der Waals surface area contributed by atoms with Crippen molar-refractivity contribution in [1.29, 1.82) is 0 Å². The van der Waals surface area contributed by atoms with Crippen molar-refractivity contribution >= 4 is 65.6 Å². The maximum Gasteiger partial charge on any atom is 0.235 e. The second-order valence-corrected chi connectivity index (χ2v) is 13.0. The van der Waals surface area contributed by atoms with Gasteiger partial charge < -0.3 is 8.98 Å². The first kappa shape index (κ1) is 27.9. The molecule has 0 amide bonds. The van der Waals surface area contributed by atoms with Crippen LogP contribution in [-0.2, 0) is 0 Å². The summed E-state index contributed by atoms with van der Waals surface area (Å²) in [5, 5.41) is 6.71. The summed E-state index contributed by atoms with van der Waals surface area (Å²) in [7, 11) is 0. The molecule has 0 fully saturated rings. The van der Waals surface area contributed by atoms with Crippen molar-refractivity contribution < 1.29 is 4.42 Å². The van der Waals surface area contributed by atoms with Gasteiger partial charge in [0.1, 0.15) is 11.2 Å². The predicted octanol–water partition coefficient (Wildman–Crippen LogP) is 11.9. The summed E-state index contributed by atoms with van der Waals surface area (Å²) in [5.74, 6) is 0.602. The summed E-state index contributed by atoms with van der Waals surface area (Å²) in [6, 6.07) is 59.3. The second-order valence-electron chi connectivity index (χ2n) is 13.0. The molecule has 0 aliphatic heterocycles. The molecule has 7 aromatic carbocycles. The standard InChI is InChI=1S/C46H28N4O/c1-4-14-29(15-5-1)37-28-38(30-16-6-2-7-17-30)48-46(47-37)50-43-34(26-27-41-42(43)36-21-11-13-23-40(36)51-41)35-25-24-33-32-20-10-12-22-39(32)49(44(33)45(35)50)31-18-8-3-9-19-31/h1-28H. The Hall–Kier alpha value is -6.98. The molecule has 0 saturated heterocycles. The number of fused-ring (bicyclic) bond motifs is 11. The zero-order valence-electron chi connectivity index (χ0n) is 27.4. The smallest absolute Gasteiger partial charge is 0.235 e. The van der Waals surface area contributed by atoms with Crippen LogP contribution in [0.1, 0.15) is 0 Å². The number of nitrogens with zero attached hydrogens (tertiary/aromatic N) is 4. The fraction of sp³-hybridized carbons (Fsp3) is 0. The summed E-state index contributed by atoms with van der Waals surface area (Å²) in [6.45, 7) is 0. The molecular weight excluding hydrogens is 625 g/mol. The number of rotatable bonds is 4. The molecule has 0 saturated carbocycles. The highest BCUT2D eigenvalue weighted by molar-refractivity contribution is 6.29. The van der Waals surface area contributed by atoms with E-state index >= 15 is 0 Å². The summed E-state index contributed by atoms with van der Waals surface area (Å²) in [5.41, 5.74) is 10.9. The van der Waals surface area contributed by atoms with Gasteiger partial charge in [0, 0.05) is 43.7 Å². The molecule has 0 atom stereocenters. The zero-order valence-corrected chi connectivity index (χ0v) is 27.4. The number of hydrogen-bond acceptors (Lipinski definition) is 3. The number of hydrogen-bond donors (Lipinski definition) is 0. The van der Waals surface area contributed by atoms with Crippen LogP contribution in [0.2, 0.25) is 0 Å². The van der Waals surface area contributed by atoms with Crippen molar-refractivity contribution in [2.24, 2.45) is 0 Å². The van der Waals surface area contributed by atoms with Crippen molar-refractivity contribution in [2.45, 2.75) is 0 Å². The van der Waals surface area contributed by atoms with E-state index in [1.807, 2.05) is 24.3 Å². The van der Waals surface area contributed by atoms with Crippen LogP contribution in [0.4, 0.5) is 0 Å². The molecule has 4 aromatic heterocycles. The zero-order chi connectivity index (χ0) is 33.5. The normalized spacial score (nSPS) is 11.9. The molecule has 0 aliphatic rings. The molecular formula is C46H28N4O. The number of para-hydroxylation sites is 3. The van der Waals surface area contributed by atoms with Crippen LogP contribution in [0.5, 0.6) is 0 Å². The summed E-state index contributed by atoms with van der Waals surface area (Å²) in [4.78, 5) is 10.8. The Morgan fingerprint density at radius 1 is 0.392 bits per heavy atom. The molecule has 0 radical (unpaired) electrons. The average molecular weight is 653 g/mol. The Labute approximate surface area is 292 Å². The lowest BCUT2D eigenvalue weighted by Gasteiger charge is -2.14. The molecule has 11 aromatic rings. The molecule has 4 heterocycles. The maximum absolute atomic E-state index is 6.50. The fourth-order valence-corrected chi connectivity index (χ4v) is 7.94. The fourth-order valence-electron chi connectivity index (χ4n) is 7.94. The highest BCUT2D eigenvalue weighted by Gasteiger charge is 2.25. The van der Waals surface area contributed by atoms with Gasteiger partial charge in [-0.05, 0) is 42.5 Å². The van der Waals surface area contributed by atoms with E-state index < -0.39 is 0 Å². The Morgan fingerprint density at radius 2 is 0.922 bits per heavy atom. The van der Waals surface area contributed by atoms with Gasteiger partial charge in [-0.1, -0.05) is 127 Å². The van der Waals surface area contributed by atoms with E-state index in [-0.39, 0.29) is 0 Å². The molecule has 0 bridgehead atoms. The molecule has 5 nitrogen and oxygen atoms in total. The van der Waals surface area contributed by atoms with Gasteiger partial charge in [0.15, 0.2) is 0 Å². The van der Waals surface area contributed by atoms with E-state index in [1.54, 1.807) is 0 Å². The van der Waals surface area contributed by atoms with Gasteiger partial charge in [-0.25, -0.2) is 9.97 Å². The molecule has 51 heavy (non-hydrogen) atoms. The van der Waals surface area contributed by atoms with Gasteiger partial charge in [0.25, 0.3) is 0 Å². The van der Waals surface area contributed by atoms with Crippen molar-refractivity contribution in [2.75, 3.05) is 0 Å². The van der Waals surface area contributed by atoms with Crippen LogP contribution >= 0.6 is 0 Å². The monoisotopic (exact) mass is 652 g/mol. The summed E-state index contributed by atoms with van der Waals surface area (Å²) in [6.07, 6.45) is 0. The Kier molecular flexibility index (Phi) is 5.89. The third kappa shape index (κ3) is 4.09. The van der Waals surface area contributed by atoms with Crippen molar-refractivity contribution in [3.05, 3.63) is 170 Å². The van der Waals surface area contributed by atoms with E-state index in [0.29, 0.717) is 5.95 Å². The van der Waals surface area contributed by atoms with Gasteiger partial charge in [0.05, 0.1) is 38.8 Å². The third-order valence-electron chi connectivity index (χ3n) is 10.1. The second kappa shape index (κ2) is 10.8. The summed E-state index contributed by atoms with van der Waals surface area (Å²) >= 11 is 0. The van der Waals surface area contributed by atoms with Gasteiger partial charge in [-0.2, -0.15) is 0 Å². The minimum atomic E-state index is 0.602. The van der Waals surface area contributed by atoms with Crippen LogP contribution in [0, 0.1) is 0 Å². The van der Waals surface area contributed by atoms with Gasteiger partial charge >= 0.3 is 0 Å². The van der Waals surface area contributed by atoms with Gasteiger partial charge in [-0.3, -0.25) is 4.57 Å². The number of aromatic nitrogens is 4. The lowest BCUT2D eigenvalue weighted by Crippen LogP contribution is -2.05. The molecule has 0 N–H and O–H groups in total. The quantitative estimate of drug-likeness (QED) is 0.190. The van der Waals surface area contributed by atoms with E-state index in [0.717, 1.165) is 83.0 Å². The lowest BCUT2D eigenvalue weighted by atomic mass is 10.1. The Bertz CT molecular complexity index is 3060. The average Bonchev–Trinajstić information content (AvgIpc) is 3.86. The highest BCUT2D eigenvalue weighted by atomic mass is 16.3. The Morgan fingerprint density at radius 3 is 1.63 bits per heavy atom. The van der Waals surface area contributed by atoms with Crippen LogP contribution in [0.25, 0.3) is 99.7 Å². The molecule has 0 aliphatic carbocycles. The molecule has 0 unspecified atom stereocenters. The van der Waals surface area contributed by atoms with Gasteiger partial charge in [-0.15, -0.1) is 0 Å². The molecule has 0 spiro atoms. The van der Waals surface area contributed by atoms with Crippen molar-refractivity contribution in [1.82, 2.24) is 19.1 Å². The maximum atomic E-state index is 6.50. The van der Waals surface area contributed by atoms with Crippen LogP contribution in [-0.4, -0.2) is 19.1 Å². The van der Waals surface area contributed by atoms with Crippen LogP contribution < -0.4 is 0 Å². The molecule has 5 heteroatoms. The van der Waals surface area contributed by atoms with Crippen LogP contribution in [0.15, 0.2) is 174 Å². The number of benzene rings is 7. The molecule has 238 valence electrons. The largest absolute Gasteiger partial charge is 0.456 e. The first-order valence-corrected chi connectivity index (χ1v) is 17.2. The van der Waals surface area contributed by atoms with Crippen LogP contribution in [0.3, 0.4) is 0 Å². The lowest BCUT2D eigenvalue weighted by molar-refractivity contribution is 0.669. The van der Waals surface area contributed by atoms with E-state index in [4.69, 9.17) is 14.4 Å². The third-order valence-corrected chi connectivity index (χ3v) is 10.1. The minimum Gasteiger partial charge on any atom is -0.456 e. The predicted molar refractivity (Wildman–Crippen MR) is 209 cm³/mol. The Balaban J connectivity index is 1.40. The van der Waals surface area contributed by atoms with E-state index in [2.05, 4.69) is 155 Å². The van der Waals surface area contributed by atoms with E-state index in [1.165, 1.54) is 10.8 Å². The topological polar surface area (TPSA) is 48.8 Å². The van der Waals surface area contributed by atoms with Crippen molar-refractivity contribution in [3.63, 3.8) is 0 Å².